The van der Waals surface area contributed by atoms with E-state index in [2.05, 4.69) is 23.1 Å². The van der Waals surface area contributed by atoms with Crippen LogP contribution in [0.4, 0.5) is 0 Å². The molecule has 4 heteroatoms. The van der Waals surface area contributed by atoms with Crippen LogP contribution >= 0.6 is 29.6 Å². The molecule has 0 fully saturated rings. The van der Waals surface area contributed by atoms with Crippen molar-refractivity contribution in [3.63, 3.8) is 0 Å². The third-order valence-corrected chi connectivity index (χ3v) is 1.18. The zero-order valence-corrected chi connectivity index (χ0v) is 11.4. The Labute approximate surface area is 98.0 Å². The molecule has 1 rings (SSSR count). The van der Waals surface area contributed by atoms with Gasteiger partial charge in [-0.3, -0.25) is 0 Å². The van der Waals surface area contributed by atoms with Crippen LogP contribution in [0.5, 0.6) is 0 Å². The van der Waals surface area contributed by atoms with Crippen molar-refractivity contribution in [2.75, 3.05) is 0 Å². The van der Waals surface area contributed by atoms with Crippen molar-refractivity contribution >= 4 is 34.9 Å². The van der Waals surface area contributed by atoms with Crippen molar-refractivity contribution in [2.45, 2.75) is 20.3 Å². The predicted molar refractivity (Wildman–Crippen MR) is 63.5 cm³/mol. The van der Waals surface area contributed by atoms with E-state index >= 15 is 0 Å². The summed E-state index contributed by atoms with van der Waals surface area (Å²) in [5.41, 5.74) is 0. The molecule has 0 amide bonds. The Balaban J connectivity index is 0. The first kappa shape index (κ1) is 16.2. The van der Waals surface area contributed by atoms with Gasteiger partial charge in [0.2, 0.25) is 0 Å². The Kier molecular flexibility index (Phi) is 18.9. The van der Waals surface area contributed by atoms with Gasteiger partial charge in [0.15, 0.2) is 0 Å². The van der Waals surface area contributed by atoms with E-state index < -0.39 is 0 Å². The molecule has 0 N–H and O–H groups in total. The quantitative estimate of drug-likeness (QED) is 0.499. The fraction of sp³-hybridized carbons (Fsp3) is 0.333. The fourth-order valence-electron chi connectivity index (χ4n) is 0.453. The molecule has 0 bridgehead atoms. The Morgan fingerprint density at radius 3 is 1.62 bits per heavy atom. The SMILES string of the molecule is CCC.Pc1ccccc1.[Cl][Ni][Cl]. The van der Waals surface area contributed by atoms with Crippen molar-refractivity contribution in [3.05, 3.63) is 30.3 Å². The van der Waals surface area contributed by atoms with Gasteiger partial charge in [-0.15, -0.1) is 9.24 Å². The third-order valence-electron chi connectivity index (χ3n) is 0.800. The van der Waals surface area contributed by atoms with E-state index in [0.29, 0.717) is 12.7 Å². The van der Waals surface area contributed by atoms with E-state index in [0.717, 1.165) is 0 Å². The van der Waals surface area contributed by atoms with Gasteiger partial charge in [0.25, 0.3) is 0 Å². The molecule has 0 radical (unpaired) electrons. The van der Waals surface area contributed by atoms with Gasteiger partial charge in [-0.25, -0.2) is 0 Å². The average Bonchev–Trinajstić information content (AvgIpc) is 2.08. The summed E-state index contributed by atoms with van der Waals surface area (Å²) in [7, 11) is 12.0. The van der Waals surface area contributed by atoms with E-state index in [4.69, 9.17) is 20.4 Å². The second-order valence-electron chi connectivity index (χ2n) is 2.16. The first-order valence-corrected chi connectivity index (χ1v) is 7.15. The van der Waals surface area contributed by atoms with Gasteiger partial charge in [-0.2, -0.15) is 0 Å². The topological polar surface area (TPSA) is 0 Å². The van der Waals surface area contributed by atoms with E-state index in [1.165, 1.54) is 11.7 Å². The predicted octanol–water partition coefficient (Wildman–Crippen LogP) is 3.98. The van der Waals surface area contributed by atoms with Crippen molar-refractivity contribution in [3.8, 4) is 0 Å². The Bertz CT molecular complexity index is 169. The fourth-order valence-corrected chi connectivity index (χ4v) is 0.675. The Hall–Kier alpha value is 0.724. The zero-order valence-electron chi connectivity index (χ0n) is 7.74. The van der Waals surface area contributed by atoms with Crippen molar-refractivity contribution in [2.24, 2.45) is 0 Å². The molecule has 0 aromatic heterocycles. The summed E-state index contributed by atoms with van der Waals surface area (Å²) in [6.45, 7) is 4.25. The molecular weight excluding hydrogens is 269 g/mol. The molecule has 1 aromatic rings. The molecule has 1 unspecified atom stereocenters. The van der Waals surface area contributed by atoms with Gasteiger partial charge in [-0.05, 0) is 5.30 Å². The van der Waals surface area contributed by atoms with Crippen LogP contribution in [-0.4, -0.2) is 0 Å². The second-order valence-corrected chi connectivity index (χ2v) is 4.46. The molecule has 0 aliphatic heterocycles. The normalized spacial score (nSPS) is 7.77. The van der Waals surface area contributed by atoms with Crippen LogP contribution in [-0.2, 0) is 12.7 Å². The van der Waals surface area contributed by atoms with Crippen LogP contribution < -0.4 is 5.30 Å². The molecule has 0 saturated heterocycles. The molecular formula is C9H15Cl2NiP. The van der Waals surface area contributed by atoms with Crippen LogP contribution in [0.25, 0.3) is 0 Å². The van der Waals surface area contributed by atoms with Crippen LogP contribution in [0.3, 0.4) is 0 Å². The molecule has 80 valence electrons. The van der Waals surface area contributed by atoms with Crippen LogP contribution in [0, 0.1) is 0 Å². The summed E-state index contributed by atoms with van der Waals surface area (Å²) in [5, 5.41) is 1.24. The number of hydrogen-bond acceptors (Lipinski definition) is 0. The molecule has 1 atom stereocenters. The average molecular weight is 284 g/mol. The van der Waals surface area contributed by atoms with Gasteiger partial charge in [0, 0.05) is 0 Å². The van der Waals surface area contributed by atoms with Crippen molar-refractivity contribution in [1.29, 1.82) is 0 Å². The zero-order chi connectivity index (χ0) is 10.5. The number of benzene rings is 1. The van der Waals surface area contributed by atoms with Crippen LogP contribution in [0.15, 0.2) is 30.3 Å². The van der Waals surface area contributed by atoms with Gasteiger partial charge >= 0.3 is 33.0 Å². The van der Waals surface area contributed by atoms with E-state index in [1.54, 1.807) is 0 Å². The summed E-state index contributed by atoms with van der Waals surface area (Å²) in [6.07, 6.45) is 1.25. The number of rotatable bonds is 0. The van der Waals surface area contributed by atoms with Gasteiger partial charge in [0.1, 0.15) is 0 Å². The summed E-state index contributed by atoms with van der Waals surface area (Å²) >= 11 is 0.569. The monoisotopic (exact) mass is 282 g/mol. The minimum absolute atomic E-state index is 0.569. The van der Waals surface area contributed by atoms with E-state index in [9.17, 15) is 0 Å². The maximum atomic E-state index is 4.70. The van der Waals surface area contributed by atoms with Gasteiger partial charge in [0.05, 0.1) is 0 Å². The van der Waals surface area contributed by atoms with Crippen LogP contribution in [0.2, 0.25) is 0 Å². The minimum atomic E-state index is 0.569. The summed E-state index contributed by atoms with van der Waals surface area (Å²) < 4.78 is 0. The molecule has 0 aliphatic rings. The summed E-state index contributed by atoms with van der Waals surface area (Å²) in [6, 6.07) is 10.1. The molecule has 0 heterocycles. The third kappa shape index (κ3) is 19.2. The van der Waals surface area contributed by atoms with Crippen molar-refractivity contribution in [1.82, 2.24) is 0 Å². The molecule has 1 aromatic carbocycles. The second kappa shape index (κ2) is 15.2. The molecule has 0 aliphatic carbocycles. The van der Waals surface area contributed by atoms with Crippen LogP contribution in [0.1, 0.15) is 20.3 Å². The molecule has 0 saturated carbocycles. The standard InChI is InChI=1S/C6H7P.C3H8.2ClH.Ni/c7-6-4-2-1-3-5-6;1-3-2;;;/h1-5H,7H2;3H2,1-2H3;2*1H;/q;;;;+2/p-2. The molecule has 0 spiro atoms. The Morgan fingerprint density at radius 2 is 1.46 bits per heavy atom. The number of hydrogen-bond donors (Lipinski definition) is 0. The molecule has 13 heavy (non-hydrogen) atoms. The summed E-state index contributed by atoms with van der Waals surface area (Å²) in [4.78, 5) is 0. The van der Waals surface area contributed by atoms with E-state index in [-0.39, 0.29) is 0 Å². The first-order chi connectivity index (χ1) is 6.22. The van der Waals surface area contributed by atoms with Gasteiger partial charge < -0.3 is 0 Å². The first-order valence-electron chi connectivity index (χ1n) is 3.85. The Morgan fingerprint density at radius 1 is 1.15 bits per heavy atom. The number of halogens is 2. The van der Waals surface area contributed by atoms with E-state index in [1.807, 2.05) is 30.3 Å². The van der Waals surface area contributed by atoms with Crippen molar-refractivity contribution < 1.29 is 12.7 Å². The summed E-state index contributed by atoms with van der Waals surface area (Å²) in [5.74, 6) is 0. The molecule has 0 nitrogen and oxygen atoms in total. The van der Waals surface area contributed by atoms with Gasteiger partial charge in [-0.1, -0.05) is 50.6 Å². The maximum absolute atomic E-state index is 4.70.